The molecule has 6 rings (SSSR count). The van der Waals surface area contributed by atoms with Crippen LogP contribution in [0, 0.1) is 5.92 Å². The summed E-state index contributed by atoms with van der Waals surface area (Å²) in [5.74, 6) is -0.728. The summed E-state index contributed by atoms with van der Waals surface area (Å²) in [6, 6.07) is 19.1. The van der Waals surface area contributed by atoms with Crippen molar-refractivity contribution in [3.8, 4) is 22.7 Å². The summed E-state index contributed by atoms with van der Waals surface area (Å²) in [6.45, 7) is 5.96. The minimum Gasteiger partial charge on any atom is -0.444 e. The summed E-state index contributed by atoms with van der Waals surface area (Å²) in [6.07, 6.45) is 3.57. The number of oxazole rings is 1. The smallest absolute Gasteiger partial charge is 0.416 e. The number of H-pyrrole nitrogens is 1. The Bertz CT molecular complexity index is 2050. The highest BCUT2D eigenvalue weighted by Crippen LogP contribution is 2.33. The Morgan fingerprint density at radius 1 is 1.00 bits per heavy atom. The van der Waals surface area contributed by atoms with Gasteiger partial charge in [-0.25, -0.2) is 19.6 Å². The monoisotopic (exact) mass is 692 g/mol. The molecule has 0 saturated heterocycles. The van der Waals surface area contributed by atoms with Crippen LogP contribution in [0.5, 0.6) is 0 Å². The molecule has 1 aliphatic carbocycles. The maximum Gasteiger partial charge on any atom is 0.416 e. The van der Waals surface area contributed by atoms with Crippen molar-refractivity contribution in [2.45, 2.75) is 45.8 Å². The van der Waals surface area contributed by atoms with Crippen LogP contribution in [0.4, 0.5) is 26.8 Å². The predicted molar refractivity (Wildman–Crippen MR) is 187 cm³/mol. The van der Waals surface area contributed by atoms with Crippen molar-refractivity contribution in [2.75, 3.05) is 22.1 Å². The van der Waals surface area contributed by atoms with Crippen LogP contribution in [0.1, 0.15) is 60.2 Å². The number of primary amides is 1. The number of nitrogens with one attached hydrogen (secondary N) is 3. The topological polar surface area (TPSA) is 208 Å². The lowest BCUT2D eigenvalue weighted by Gasteiger charge is -2.27. The maximum absolute atomic E-state index is 13.4. The lowest BCUT2D eigenvalue weighted by molar-refractivity contribution is 0.0577. The first-order valence-corrected chi connectivity index (χ1v) is 16.1. The highest BCUT2D eigenvalue weighted by atomic mass is 16.6. The molecule has 0 radical (unpaired) electrons. The van der Waals surface area contributed by atoms with Gasteiger partial charge in [0.2, 0.25) is 5.89 Å². The van der Waals surface area contributed by atoms with Gasteiger partial charge in [-0.3, -0.25) is 24.9 Å². The van der Waals surface area contributed by atoms with Crippen LogP contribution in [0.25, 0.3) is 22.7 Å². The zero-order valence-corrected chi connectivity index (χ0v) is 28.1. The number of aromatic amines is 1. The van der Waals surface area contributed by atoms with Crippen molar-refractivity contribution in [2.24, 2.45) is 11.7 Å². The van der Waals surface area contributed by atoms with Crippen LogP contribution in [0.15, 0.2) is 83.6 Å². The van der Waals surface area contributed by atoms with E-state index in [1.165, 1.54) is 17.4 Å². The number of pyridine rings is 1. The third-order valence-corrected chi connectivity index (χ3v) is 7.63. The SMILES string of the molecule is CC(C)(C)OC(=O)N(CC1CC1)c1cc(-c2nc(C(=O)Nc3c(-c4ccc(NC(=O)OCc5ccccc5)cc4)n[nH]c3C(N)=O)co2)ccn1. The number of rotatable bonds is 11. The summed E-state index contributed by atoms with van der Waals surface area (Å²) in [4.78, 5) is 61.3. The fraction of sp³-hybridized carbons (Fsp3) is 0.250. The third kappa shape index (κ3) is 8.75. The summed E-state index contributed by atoms with van der Waals surface area (Å²) in [5.41, 5.74) is 7.18. The number of carbonyl (C=O) groups excluding carboxylic acids is 4. The van der Waals surface area contributed by atoms with Gasteiger partial charge in [0.1, 0.15) is 41.4 Å². The van der Waals surface area contributed by atoms with Crippen molar-refractivity contribution >= 4 is 41.2 Å². The molecular formula is C36H36N8O7. The number of nitrogens with two attached hydrogens (primary N) is 1. The standard InChI is InChI=1S/C36H36N8O7/c1-36(2,3)51-35(48)44(18-21-9-10-21)27-17-24(15-16-38-27)33-40-26(20-49-33)32(46)41-29-28(42-43-30(29)31(37)45)23-11-13-25(14-12-23)39-34(47)50-19-22-7-5-4-6-8-22/h4-8,11-17,20-21H,9-10,18-19H2,1-3H3,(H2,37,45)(H,39,47)(H,41,46)(H,42,43). The Morgan fingerprint density at radius 3 is 2.43 bits per heavy atom. The zero-order valence-electron chi connectivity index (χ0n) is 28.1. The number of hydrogen-bond donors (Lipinski definition) is 4. The summed E-state index contributed by atoms with van der Waals surface area (Å²) in [5, 5.41) is 12.1. The van der Waals surface area contributed by atoms with Gasteiger partial charge in [-0.1, -0.05) is 42.5 Å². The number of hydrogen-bond acceptors (Lipinski definition) is 10. The molecule has 0 aliphatic heterocycles. The first kappa shape index (κ1) is 34.4. The second-order valence-electron chi connectivity index (χ2n) is 12.9. The lowest BCUT2D eigenvalue weighted by atomic mass is 10.1. The van der Waals surface area contributed by atoms with E-state index in [-0.39, 0.29) is 35.3 Å². The van der Waals surface area contributed by atoms with Crippen LogP contribution >= 0.6 is 0 Å². The molecule has 4 amide bonds. The highest BCUT2D eigenvalue weighted by molar-refractivity contribution is 6.10. The fourth-order valence-electron chi connectivity index (χ4n) is 4.96. The Hall–Kier alpha value is -6.51. The van der Waals surface area contributed by atoms with Crippen LogP contribution in [-0.4, -0.2) is 56.3 Å². The van der Waals surface area contributed by atoms with Crippen LogP contribution in [0.2, 0.25) is 0 Å². The molecule has 0 unspecified atom stereocenters. The van der Waals surface area contributed by atoms with E-state index >= 15 is 0 Å². The largest absolute Gasteiger partial charge is 0.444 e. The quantitative estimate of drug-likeness (QED) is 0.120. The molecule has 2 aromatic carbocycles. The molecule has 15 nitrogen and oxygen atoms in total. The van der Waals surface area contributed by atoms with Gasteiger partial charge in [0, 0.05) is 29.6 Å². The second kappa shape index (κ2) is 14.5. The molecule has 0 atom stereocenters. The molecule has 15 heteroatoms. The minimum atomic E-state index is -0.852. The van der Waals surface area contributed by atoms with Crippen molar-refractivity contribution < 1.29 is 33.1 Å². The van der Waals surface area contributed by atoms with Gasteiger partial charge in [0.05, 0.1) is 0 Å². The normalized spacial score (nSPS) is 12.5. The average Bonchev–Trinajstić information content (AvgIpc) is 3.61. The van der Waals surface area contributed by atoms with Gasteiger partial charge >= 0.3 is 12.2 Å². The number of ether oxygens (including phenoxy) is 2. The van der Waals surface area contributed by atoms with Gasteiger partial charge < -0.3 is 24.9 Å². The van der Waals surface area contributed by atoms with E-state index in [9.17, 15) is 19.2 Å². The summed E-state index contributed by atoms with van der Waals surface area (Å²) >= 11 is 0. The lowest BCUT2D eigenvalue weighted by Crippen LogP contribution is -2.38. The fourth-order valence-corrected chi connectivity index (χ4v) is 4.96. The molecule has 0 spiro atoms. The van der Waals surface area contributed by atoms with E-state index in [2.05, 4.69) is 30.8 Å². The molecule has 5 N–H and O–H groups in total. The van der Waals surface area contributed by atoms with Crippen molar-refractivity contribution in [3.63, 3.8) is 0 Å². The molecule has 51 heavy (non-hydrogen) atoms. The van der Waals surface area contributed by atoms with E-state index in [0.717, 1.165) is 18.4 Å². The van der Waals surface area contributed by atoms with Crippen LogP contribution < -0.4 is 21.3 Å². The molecule has 0 bridgehead atoms. The minimum absolute atomic E-state index is 0.0271. The predicted octanol–water partition coefficient (Wildman–Crippen LogP) is 6.38. The third-order valence-electron chi connectivity index (χ3n) is 7.63. The number of benzene rings is 2. The average molecular weight is 693 g/mol. The first-order valence-electron chi connectivity index (χ1n) is 16.1. The summed E-state index contributed by atoms with van der Waals surface area (Å²) in [7, 11) is 0. The molecule has 3 aromatic heterocycles. The Labute approximate surface area is 292 Å². The number of carbonyl (C=O) groups is 4. The maximum atomic E-state index is 13.4. The number of nitrogens with zero attached hydrogens (tertiary/aromatic N) is 4. The Kier molecular flexibility index (Phi) is 9.79. The van der Waals surface area contributed by atoms with Crippen molar-refractivity contribution in [1.82, 2.24) is 20.2 Å². The van der Waals surface area contributed by atoms with E-state index < -0.39 is 29.6 Å². The number of anilines is 3. The molecule has 5 aromatic rings. The van der Waals surface area contributed by atoms with Crippen LogP contribution in [-0.2, 0) is 16.1 Å². The molecule has 262 valence electrons. The Balaban J connectivity index is 1.16. The van der Waals surface area contributed by atoms with Gasteiger partial charge in [-0.2, -0.15) is 5.10 Å². The second-order valence-corrected chi connectivity index (χ2v) is 12.9. The van der Waals surface area contributed by atoms with Gasteiger partial charge in [-0.15, -0.1) is 0 Å². The van der Waals surface area contributed by atoms with Gasteiger partial charge in [0.25, 0.3) is 11.8 Å². The number of amides is 4. The molecule has 1 saturated carbocycles. The van der Waals surface area contributed by atoms with E-state index in [0.29, 0.717) is 35.1 Å². The van der Waals surface area contributed by atoms with E-state index in [1.807, 2.05) is 30.3 Å². The Morgan fingerprint density at radius 2 is 1.75 bits per heavy atom. The summed E-state index contributed by atoms with van der Waals surface area (Å²) < 4.78 is 16.5. The van der Waals surface area contributed by atoms with Crippen LogP contribution in [0.3, 0.4) is 0 Å². The zero-order chi connectivity index (χ0) is 36.1. The highest BCUT2D eigenvalue weighted by Gasteiger charge is 2.31. The molecular weight excluding hydrogens is 656 g/mol. The first-order chi connectivity index (χ1) is 24.4. The number of aromatic nitrogens is 4. The van der Waals surface area contributed by atoms with Gasteiger partial charge in [-0.05, 0) is 69.4 Å². The van der Waals surface area contributed by atoms with E-state index in [4.69, 9.17) is 19.6 Å². The van der Waals surface area contributed by atoms with E-state index in [1.54, 1.807) is 57.2 Å². The molecule has 1 aliphatic rings. The molecule has 3 heterocycles. The molecule has 1 fully saturated rings. The van der Waals surface area contributed by atoms with Gasteiger partial charge in [0.15, 0.2) is 5.69 Å². The van der Waals surface area contributed by atoms with Crippen molar-refractivity contribution in [3.05, 3.63) is 96.1 Å². The van der Waals surface area contributed by atoms with Crippen molar-refractivity contribution in [1.29, 1.82) is 0 Å².